The van der Waals surface area contributed by atoms with Gasteiger partial charge in [-0.15, -0.1) is 11.3 Å². The number of hydrogen-bond acceptors (Lipinski definition) is 5. The van der Waals surface area contributed by atoms with Gasteiger partial charge in [-0.05, 0) is 18.9 Å². The third-order valence-corrected chi connectivity index (χ3v) is 4.79. The summed E-state index contributed by atoms with van der Waals surface area (Å²) < 4.78 is 32.8. The lowest BCUT2D eigenvalue weighted by Gasteiger charge is -2.39. The number of hydrogen-bond donors (Lipinski definition) is 2. The Labute approximate surface area is 131 Å². The number of benzene rings is 1. The third-order valence-electron chi connectivity index (χ3n) is 3.97. The molecule has 4 nitrogen and oxygen atoms in total. The highest BCUT2D eigenvalue weighted by molar-refractivity contribution is 7.15. The van der Waals surface area contributed by atoms with Gasteiger partial charge >= 0.3 is 0 Å². The zero-order valence-electron chi connectivity index (χ0n) is 11.9. The lowest BCUT2D eigenvalue weighted by Crippen LogP contribution is -2.46. The van der Waals surface area contributed by atoms with E-state index in [0.717, 1.165) is 10.9 Å². The molecule has 2 heterocycles. The van der Waals surface area contributed by atoms with Crippen LogP contribution in [0, 0.1) is 11.6 Å². The molecule has 3 rings (SSSR count). The predicted molar refractivity (Wildman–Crippen MR) is 81.5 cm³/mol. The highest BCUT2D eigenvalue weighted by Gasteiger charge is 2.36. The summed E-state index contributed by atoms with van der Waals surface area (Å²) in [7, 11) is 0. The van der Waals surface area contributed by atoms with E-state index in [9.17, 15) is 8.78 Å². The first kappa shape index (κ1) is 15.3. The quantitative estimate of drug-likeness (QED) is 0.907. The number of nitrogens with zero attached hydrogens (tertiary/aromatic N) is 1. The van der Waals surface area contributed by atoms with Crippen molar-refractivity contribution in [3.63, 3.8) is 0 Å². The lowest BCUT2D eigenvalue weighted by atomic mass is 9.82. The minimum absolute atomic E-state index is 0.481. The molecule has 1 aromatic carbocycles. The number of aromatic nitrogens is 1. The normalized spacial score (nSPS) is 17.5. The molecular formula is C15H17F2N3OS. The van der Waals surface area contributed by atoms with Crippen LogP contribution < -0.4 is 11.1 Å². The molecule has 0 saturated carbocycles. The van der Waals surface area contributed by atoms with Gasteiger partial charge in [-0.2, -0.15) is 0 Å². The fourth-order valence-corrected chi connectivity index (χ4v) is 3.42. The van der Waals surface area contributed by atoms with Crippen molar-refractivity contribution in [3.8, 4) is 0 Å². The van der Waals surface area contributed by atoms with Crippen LogP contribution in [0.3, 0.4) is 0 Å². The first-order chi connectivity index (χ1) is 10.6. The molecular weight excluding hydrogens is 308 g/mol. The molecule has 0 radical (unpaired) electrons. The average Bonchev–Trinajstić information content (AvgIpc) is 2.92. The van der Waals surface area contributed by atoms with Crippen LogP contribution in [-0.4, -0.2) is 18.2 Å². The highest BCUT2D eigenvalue weighted by Crippen LogP contribution is 2.34. The molecule has 0 aliphatic carbocycles. The smallest absolute Gasteiger partial charge is 0.180 e. The molecule has 2 aromatic rings. The summed E-state index contributed by atoms with van der Waals surface area (Å²) in [5.74, 6) is -1.10. The molecule has 118 valence electrons. The number of nitrogens with one attached hydrogen (secondary N) is 1. The molecule has 0 amide bonds. The zero-order valence-corrected chi connectivity index (χ0v) is 12.8. The monoisotopic (exact) mass is 325 g/mol. The predicted octanol–water partition coefficient (Wildman–Crippen LogP) is 2.80. The van der Waals surface area contributed by atoms with E-state index in [4.69, 9.17) is 10.5 Å². The number of rotatable bonds is 4. The second-order valence-electron chi connectivity index (χ2n) is 5.34. The van der Waals surface area contributed by atoms with Crippen molar-refractivity contribution in [2.24, 2.45) is 0 Å². The summed E-state index contributed by atoms with van der Waals surface area (Å²) in [5.41, 5.74) is 5.55. The van der Waals surface area contributed by atoms with Crippen molar-refractivity contribution in [3.05, 3.63) is 46.5 Å². The van der Waals surface area contributed by atoms with Crippen LogP contribution in [0.2, 0.25) is 0 Å². The Morgan fingerprint density at radius 1 is 1.32 bits per heavy atom. The fourth-order valence-electron chi connectivity index (χ4n) is 2.80. The van der Waals surface area contributed by atoms with Crippen LogP contribution in [0.4, 0.5) is 13.9 Å². The molecule has 0 spiro atoms. The van der Waals surface area contributed by atoms with E-state index < -0.39 is 17.2 Å². The molecule has 22 heavy (non-hydrogen) atoms. The van der Waals surface area contributed by atoms with Crippen LogP contribution in [0.1, 0.15) is 23.3 Å². The first-order valence-electron chi connectivity index (χ1n) is 7.07. The Bertz CT molecular complexity index is 656. The topological polar surface area (TPSA) is 60.2 Å². The van der Waals surface area contributed by atoms with E-state index in [1.54, 1.807) is 6.20 Å². The first-order valence-corrected chi connectivity index (χ1v) is 7.89. The minimum Gasteiger partial charge on any atom is -0.381 e. The standard InChI is InChI=1S/C15H17F2N3OS/c16-10-1-2-12(13(17)7-10)15(3-5-21-6-4-15)20-9-11-8-19-14(18)22-11/h1-2,7-8,20H,3-6,9H2,(H2,18,19). The van der Waals surface area contributed by atoms with Gasteiger partial charge in [0.2, 0.25) is 0 Å². The van der Waals surface area contributed by atoms with Gasteiger partial charge in [0, 0.05) is 42.5 Å². The second kappa shape index (κ2) is 6.28. The number of anilines is 1. The fraction of sp³-hybridized carbons (Fsp3) is 0.400. The van der Waals surface area contributed by atoms with Crippen molar-refractivity contribution in [2.45, 2.75) is 24.9 Å². The van der Waals surface area contributed by atoms with Crippen LogP contribution >= 0.6 is 11.3 Å². The Kier molecular flexibility index (Phi) is 4.37. The summed E-state index contributed by atoms with van der Waals surface area (Å²) >= 11 is 1.40. The second-order valence-corrected chi connectivity index (χ2v) is 6.48. The van der Waals surface area contributed by atoms with E-state index in [1.165, 1.54) is 23.5 Å². The van der Waals surface area contributed by atoms with E-state index >= 15 is 0 Å². The molecule has 1 saturated heterocycles. The maximum Gasteiger partial charge on any atom is 0.180 e. The van der Waals surface area contributed by atoms with Gasteiger partial charge in [0.15, 0.2) is 5.13 Å². The minimum atomic E-state index is -0.571. The summed E-state index contributed by atoms with van der Waals surface area (Å²) in [6, 6.07) is 3.74. The van der Waals surface area contributed by atoms with Gasteiger partial charge in [-0.25, -0.2) is 13.8 Å². The molecule has 1 aliphatic heterocycles. The largest absolute Gasteiger partial charge is 0.381 e. The van der Waals surface area contributed by atoms with Crippen LogP contribution in [-0.2, 0) is 16.8 Å². The molecule has 1 aliphatic rings. The Morgan fingerprint density at radius 2 is 2.09 bits per heavy atom. The molecule has 0 atom stereocenters. The van der Waals surface area contributed by atoms with Gasteiger partial charge in [0.25, 0.3) is 0 Å². The van der Waals surface area contributed by atoms with Crippen LogP contribution in [0.25, 0.3) is 0 Å². The number of nitrogens with two attached hydrogens (primary N) is 1. The van der Waals surface area contributed by atoms with Gasteiger partial charge in [0.05, 0.1) is 5.54 Å². The Hall–Kier alpha value is -1.57. The van der Waals surface area contributed by atoms with Gasteiger partial charge < -0.3 is 15.8 Å². The lowest BCUT2D eigenvalue weighted by molar-refractivity contribution is 0.0344. The summed E-state index contributed by atoms with van der Waals surface area (Å²) in [6.07, 6.45) is 2.97. The van der Waals surface area contributed by atoms with Crippen molar-refractivity contribution in [1.29, 1.82) is 0 Å². The summed E-state index contributed by atoms with van der Waals surface area (Å²) in [4.78, 5) is 4.99. The van der Waals surface area contributed by atoms with Crippen molar-refractivity contribution < 1.29 is 13.5 Å². The van der Waals surface area contributed by atoms with E-state index in [2.05, 4.69) is 10.3 Å². The summed E-state index contributed by atoms with van der Waals surface area (Å²) in [6.45, 7) is 1.61. The number of halogens is 2. The third kappa shape index (κ3) is 3.11. The SMILES string of the molecule is Nc1ncc(CNC2(c3ccc(F)cc3F)CCOCC2)s1. The molecule has 1 aromatic heterocycles. The highest BCUT2D eigenvalue weighted by atomic mass is 32.1. The van der Waals surface area contributed by atoms with Crippen molar-refractivity contribution in [2.75, 3.05) is 18.9 Å². The summed E-state index contributed by atoms with van der Waals surface area (Å²) in [5, 5.41) is 3.92. The molecule has 0 unspecified atom stereocenters. The van der Waals surface area contributed by atoms with E-state index in [-0.39, 0.29) is 0 Å². The van der Waals surface area contributed by atoms with Crippen LogP contribution in [0.15, 0.2) is 24.4 Å². The number of nitrogen functional groups attached to an aromatic ring is 1. The average molecular weight is 325 g/mol. The number of ether oxygens (including phenoxy) is 1. The maximum absolute atomic E-state index is 14.3. The molecule has 3 N–H and O–H groups in total. The van der Waals surface area contributed by atoms with Gasteiger partial charge in [0.1, 0.15) is 11.6 Å². The van der Waals surface area contributed by atoms with E-state index in [1.807, 2.05) is 0 Å². The molecule has 7 heteroatoms. The number of thiazole rings is 1. The van der Waals surface area contributed by atoms with Crippen molar-refractivity contribution >= 4 is 16.5 Å². The van der Waals surface area contributed by atoms with E-state index in [0.29, 0.717) is 43.3 Å². The zero-order chi connectivity index (χ0) is 15.6. The van der Waals surface area contributed by atoms with Gasteiger partial charge in [-0.3, -0.25) is 0 Å². The Morgan fingerprint density at radius 3 is 2.73 bits per heavy atom. The van der Waals surface area contributed by atoms with Crippen LogP contribution in [0.5, 0.6) is 0 Å². The molecule has 0 bridgehead atoms. The van der Waals surface area contributed by atoms with Crippen molar-refractivity contribution in [1.82, 2.24) is 10.3 Å². The van der Waals surface area contributed by atoms with Gasteiger partial charge in [-0.1, -0.05) is 6.07 Å². The molecule has 1 fully saturated rings. The Balaban J connectivity index is 1.87. The maximum atomic E-state index is 14.3.